The summed E-state index contributed by atoms with van der Waals surface area (Å²) in [5.41, 5.74) is 2.51. The van der Waals surface area contributed by atoms with Gasteiger partial charge in [-0.1, -0.05) is 0 Å². The van der Waals surface area contributed by atoms with E-state index in [1.807, 2.05) is 6.92 Å². The second-order valence-electron chi connectivity index (χ2n) is 6.89. The van der Waals surface area contributed by atoms with Crippen molar-refractivity contribution in [3.05, 3.63) is 39.6 Å². The van der Waals surface area contributed by atoms with Crippen LogP contribution < -0.4 is 10.2 Å². The number of carbonyl (C=O) groups excluding carboxylic acids is 1. The van der Waals surface area contributed by atoms with E-state index in [9.17, 15) is 14.9 Å². The lowest BCUT2D eigenvalue weighted by Gasteiger charge is -2.31. The Morgan fingerprint density at radius 3 is 2.73 bits per heavy atom. The topological polar surface area (TPSA) is 93.9 Å². The summed E-state index contributed by atoms with van der Waals surface area (Å²) in [6.07, 6.45) is 1.51. The molecule has 1 amide bonds. The lowest BCUT2D eigenvalue weighted by Crippen LogP contribution is -2.43. The number of morpholine rings is 1. The summed E-state index contributed by atoms with van der Waals surface area (Å²) in [7, 11) is 0. The Labute approximate surface area is 150 Å². The molecular formula is C18H21N3O5. The van der Waals surface area contributed by atoms with Crippen molar-refractivity contribution in [1.29, 1.82) is 0 Å². The van der Waals surface area contributed by atoms with Gasteiger partial charge in [-0.25, -0.2) is 0 Å². The summed E-state index contributed by atoms with van der Waals surface area (Å²) in [5.74, 6) is -0.118. The predicted molar refractivity (Wildman–Crippen MR) is 94.8 cm³/mol. The lowest BCUT2D eigenvalue weighted by atomic mass is 10.0. The van der Waals surface area contributed by atoms with Crippen LogP contribution in [0.2, 0.25) is 0 Å². The Kier molecular flexibility index (Phi) is 4.37. The van der Waals surface area contributed by atoms with Crippen molar-refractivity contribution in [2.45, 2.75) is 31.8 Å². The summed E-state index contributed by atoms with van der Waals surface area (Å²) >= 11 is 0. The number of rotatable bonds is 2. The van der Waals surface area contributed by atoms with E-state index < -0.39 is 4.92 Å². The Hall–Kier alpha value is -2.45. The minimum Gasteiger partial charge on any atom is -0.381 e. The maximum Gasteiger partial charge on any atom is 0.270 e. The second kappa shape index (κ2) is 6.69. The van der Waals surface area contributed by atoms with Crippen LogP contribution >= 0.6 is 0 Å². The smallest absolute Gasteiger partial charge is 0.270 e. The molecule has 0 bridgehead atoms. The molecule has 0 aromatic heterocycles. The Morgan fingerprint density at radius 2 is 2.04 bits per heavy atom. The van der Waals surface area contributed by atoms with Crippen molar-refractivity contribution in [2.75, 3.05) is 31.3 Å². The molecule has 0 aliphatic carbocycles. The van der Waals surface area contributed by atoms with Crippen LogP contribution in [0.4, 0.5) is 11.4 Å². The summed E-state index contributed by atoms with van der Waals surface area (Å²) < 4.78 is 11.0. The van der Waals surface area contributed by atoms with E-state index in [1.54, 1.807) is 11.0 Å². The fourth-order valence-electron chi connectivity index (χ4n) is 3.85. The van der Waals surface area contributed by atoms with Gasteiger partial charge in [0.2, 0.25) is 0 Å². The standard InChI is InChI=1S/C18H21N3O5/c1-11-9-26-10-15(19-11)17-14-8-13(21(23)24)2-3-16(14)20(18(17)22)12-4-6-25-7-5-12/h2-3,8,11-12,19H,4-7,9-10H2,1H3/b17-15-. The molecule has 3 heterocycles. The SMILES string of the molecule is CC1COC/C(=C2/C(=O)N(C3CCOCC3)c3ccc([N+](=O)[O-])cc32)N1. The van der Waals surface area contributed by atoms with E-state index in [-0.39, 0.29) is 23.7 Å². The van der Waals surface area contributed by atoms with Gasteiger partial charge >= 0.3 is 0 Å². The molecule has 1 aromatic carbocycles. The van der Waals surface area contributed by atoms with Crippen molar-refractivity contribution in [1.82, 2.24) is 5.32 Å². The summed E-state index contributed by atoms with van der Waals surface area (Å²) in [4.78, 5) is 25.9. The Morgan fingerprint density at radius 1 is 1.27 bits per heavy atom. The number of ether oxygens (including phenoxy) is 2. The van der Waals surface area contributed by atoms with Gasteiger partial charge in [-0.15, -0.1) is 0 Å². The number of nitro groups is 1. The highest BCUT2D eigenvalue weighted by atomic mass is 16.6. The summed E-state index contributed by atoms with van der Waals surface area (Å²) in [5, 5.41) is 14.5. The molecule has 8 nitrogen and oxygen atoms in total. The van der Waals surface area contributed by atoms with E-state index in [1.165, 1.54) is 12.1 Å². The van der Waals surface area contributed by atoms with Crippen LogP contribution in [-0.4, -0.2) is 49.3 Å². The third-order valence-electron chi connectivity index (χ3n) is 5.05. The van der Waals surface area contributed by atoms with Gasteiger partial charge in [0.15, 0.2) is 0 Å². The van der Waals surface area contributed by atoms with Crippen LogP contribution in [0.25, 0.3) is 5.57 Å². The van der Waals surface area contributed by atoms with E-state index in [0.29, 0.717) is 43.3 Å². The summed E-state index contributed by atoms with van der Waals surface area (Å²) in [6, 6.07) is 4.76. The third-order valence-corrected chi connectivity index (χ3v) is 5.05. The molecule has 0 spiro atoms. The van der Waals surface area contributed by atoms with Gasteiger partial charge in [0, 0.05) is 43.0 Å². The molecule has 138 valence electrons. The van der Waals surface area contributed by atoms with Crippen LogP contribution in [0.1, 0.15) is 25.3 Å². The zero-order valence-electron chi connectivity index (χ0n) is 14.6. The molecule has 3 aliphatic rings. The molecule has 26 heavy (non-hydrogen) atoms. The molecule has 3 aliphatic heterocycles. The number of fused-ring (bicyclic) bond motifs is 1. The zero-order valence-corrected chi connectivity index (χ0v) is 14.6. The average Bonchev–Trinajstić information content (AvgIpc) is 2.93. The number of non-ortho nitro benzene ring substituents is 1. The largest absolute Gasteiger partial charge is 0.381 e. The minimum absolute atomic E-state index is 0.0201. The maximum absolute atomic E-state index is 13.3. The van der Waals surface area contributed by atoms with Crippen molar-refractivity contribution < 1.29 is 19.2 Å². The zero-order chi connectivity index (χ0) is 18.3. The molecule has 2 fully saturated rings. The first-order valence-corrected chi connectivity index (χ1v) is 8.84. The number of hydrogen-bond acceptors (Lipinski definition) is 6. The van der Waals surface area contributed by atoms with Crippen molar-refractivity contribution >= 4 is 22.9 Å². The van der Waals surface area contributed by atoms with Crippen LogP contribution in [0.5, 0.6) is 0 Å². The lowest BCUT2D eigenvalue weighted by molar-refractivity contribution is -0.384. The molecule has 0 radical (unpaired) electrons. The number of nitro benzene ring substituents is 1. The van der Waals surface area contributed by atoms with Crippen LogP contribution in [-0.2, 0) is 14.3 Å². The average molecular weight is 359 g/mol. The molecule has 2 saturated heterocycles. The quantitative estimate of drug-likeness (QED) is 0.492. The Bertz CT molecular complexity index is 785. The van der Waals surface area contributed by atoms with Crippen LogP contribution in [0.3, 0.4) is 0 Å². The van der Waals surface area contributed by atoms with Crippen molar-refractivity contribution in [3.8, 4) is 0 Å². The van der Waals surface area contributed by atoms with Gasteiger partial charge in [0.05, 0.1) is 35.1 Å². The van der Waals surface area contributed by atoms with Gasteiger partial charge in [0.25, 0.3) is 11.6 Å². The number of nitrogens with zero attached hydrogens (tertiary/aromatic N) is 2. The molecule has 1 N–H and O–H groups in total. The fraction of sp³-hybridized carbons (Fsp3) is 0.500. The first-order valence-electron chi connectivity index (χ1n) is 8.84. The highest BCUT2D eigenvalue weighted by molar-refractivity contribution is 6.33. The molecule has 8 heteroatoms. The van der Waals surface area contributed by atoms with E-state index in [4.69, 9.17) is 9.47 Å². The molecule has 1 atom stereocenters. The molecule has 1 aromatic rings. The highest BCUT2D eigenvalue weighted by Gasteiger charge is 2.40. The van der Waals surface area contributed by atoms with Gasteiger partial charge in [-0.3, -0.25) is 14.9 Å². The molecule has 0 saturated carbocycles. The van der Waals surface area contributed by atoms with E-state index in [2.05, 4.69) is 5.32 Å². The van der Waals surface area contributed by atoms with Crippen molar-refractivity contribution in [3.63, 3.8) is 0 Å². The van der Waals surface area contributed by atoms with Crippen LogP contribution in [0.15, 0.2) is 23.9 Å². The van der Waals surface area contributed by atoms with Gasteiger partial charge in [0.1, 0.15) is 0 Å². The number of hydrogen-bond donors (Lipinski definition) is 1. The minimum atomic E-state index is -0.433. The van der Waals surface area contributed by atoms with Crippen LogP contribution in [0, 0.1) is 10.1 Å². The van der Waals surface area contributed by atoms with E-state index in [0.717, 1.165) is 18.5 Å². The fourth-order valence-corrected chi connectivity index (χ4v) is 3.85. The number of anilines is 1. The van der Waals surface area contributed by atoms with Crippen molar-refractivity contribution in [2.24, 2.45) is 0 Å². The number of amides is 1. The molecular weight excluding hydrogens is 338 g/mol. The number of nitrogens with one attached hydrogen (secondary N) is 1. The maximum atomic E-state index is 13.3. The first kappa shape index (κ1) is 17.0. The van der Waals surface area contributed by atoms with E-state index >= 15 is 0 Å². The number of carbonyl (C=O) groups is 1. The summed E-state index contributed by atoms with van der Waals surface area (Å²) in [6.45, 7) is 4.07. The molecule has 4 rings (SSSR count). The van der Waals surface area contributed by atoms with Gasteiger partial charge < -0.3 is 19.7 Å². The first-order chi connectivity index (χ1) is 12.6. The monoisotopic (exact) mass is 359 g/mol. The second-order valence-corrected chi connectivity index (χ2v) is 6.89. The normalized spacial score (nSPS) is 26.6. The highest BCUT2D eigenvalue weighted by Crippen LogP contribution is 2.42. The van der Waals surface area contributed by atoms with Gasteiger partial charge in [-0.2, -0.15) is 0 Å². The number of benzene rings is 1. The Balaban J connectivity index is 1.83. The van der Waals surface area contributed by atoms with Gasteiger partial charge in [-0.05, 0) is 25.8 Å². The molecule has 1 unspecified atom stereocenters. The predicted octanol–water partition coefficient (Wildman–Crippen LogP) is 1.84. The third kappa shape index (κ3) is 2.85.